The van der Waals surface area contributed by atoms with Gasteiger partial charge in [0.05, 0.1) is 0 Å². The summed E-state index contributed by atoms with van der Waals surface area (Å²) in [5.74, 6) is 0. The van der Waals surface area contributed by atoms with Gasteiger partial charge in [0.1, 0.15) is 0 Å². The maximum Gasteiger partial charge on any atom is 0.0468 e. The second-order valence-corrected chi connectivity index (χ2v) is 10.0. The van der Waals surface area contributed by atoms with E-state index in [-0.39, 0.29) is 0 Å². The Balaban J connectivity index is 1.38. The molecule has 2 nitrogen and oxygen atoms in total. The first-order valence-corrected chi connectivity index (χ1v) is 13.9. The molecule has 0 heterocycles. The van der Waals surface area contributed by atoms with E-state index in [4.69, 9.17) is 0 Å². The van der Waals surface area contributed by atoms with Crippen LogP contribution in [0.4, 0.5) is 28.4 Å². The van der Waals surface area contributed by atoms with Crippen molar-refractivity contribution in [2.45, 2.75) is 6.92 Å². The van der Waals surface area contributed by atoms with Crippen molar-refractivity contribution >= 4 is 45.3 Å². The van der Waals surface area contributed by atoms with Crippen molar-refractivity contribution in [2.75, 3.05) is 9.80 Å². The van der Waals surface area contributed by atoms with Crippen molar-refractivity contribution in [1.29, 1.82) is 0 Å². The van der Waals surface area contributed by atoms with Gasteiger partial charge in [0, 0.05) is 34.1 Å². The van der Waals surface area contributed by atoms with E-state index in [2.05, 4.69) is 175 Å². The molecule has 2 heteroatoms. The zero-order valence-corrected chi connectivity index (χ0v) is 23.2. The van der Waals surface area contributed by atoms with Gasteiger partial charge in [0.25, 0.3) is 0 Å². The smallest absolute Gasteiger partial charge is 0.0468 e. The number of para-hydroxylation sites is 4. The van der Waals surface area contributed by atoms with Crippen molar-refractivity contribution in [3.05, 3.63) is 181 Å². The molecule has 0 fully saturated rings. The summed E-state index contributed by atoms with van der Waals surface area (Å²) in [7, 11) is 0. The second kappa shape index (κ2) is 11.8. The van der Waals surface area contributed by atoms with Gasteiger partial charge in [-0.25, -0.2) is 0 Å². The minimum absolute atomic E-state index is 0.898. The quantitative estimate of drug-likeness (QED) is 0.181. The van der Waals surface area contributed by atoms with Crippen LogP contribution < -0.4 is 9.80 Å². The first-order valence-electron chi connectivity index (χ1n) is 13.9. The topological polar surface area (TPSA) is 6.48 Å². The van der Waals surface area contributed by atoms with Gasteiger partial charge in [-0.1, -0.05) is 104 Å². The highest BCUT2D eigenvalue weighted by molar-refractivity contribution is 5.96. The number of benzene rings is 6. The molecule has 0 unspecified atom stereocenters. The fourth-order valence-corrected chi connectivity index (χ4v) is 5.30. The molecule has 41 heavy (non-hydrogen) atoms. The van der Waals surface area contributed by atoms with Gasteiger partial charge in [-0.15, -0.1) is 0 Å². The lowest BCUT2D eigenvalue weighted by atomic mass is 9.98. The van der Waals surface area contributed by atoms with Crippen molar-refractivity contribution in [1.82, 2.24) is 0 Å². The van der Waals surface area contributed by atoms with Gasteiger partial charge in [0.2, 0.25) is 0 Å². The molecule has 6 aromatic carbocycles. The fourth-order valence-electron chi connectivity index (χ4n) is 5.30. The molecular formula is C39H32N2. The fraction of sp³-hybridized carbons (Fsp3) is 0.0256. The predicted molar refractivity (Wildman–Crippen MR) is 177 cm³/mol. The zero-order chi connectivity index (χ0) is 28.0. The number of nitrogens with zero attached hydrogens (tertiary/aromatic N) is 2. The highest BCUT2D eigenvalue weighted by Crippen LogP contribution is 2.37. The third kappa shape index (κ3) is 5.54. The maximum atomic E-state index is 4.47. The number of allylic oxidation sites excluding steroid dienone is 1. The van der Waals surface area contributed by atoms with E-state index in [9.17, 15) is 0 Å². The molecule has 6 aromatic rings. The van der Waals surface area contributed by atoms with Crippen LogP contribution in [0.2, 0.25) is 0 Å². The standard InChI is InChI=1S/C39H32N2/c1-30-23-25-32-29-37(41(35-19-11-5-12-20-35)36-21-13-6-14-22-36)26-28-39(32)38(30)27-24-31(2)40(33-15-7-3-8-16-33)34-17-9-4-10-18-34/h3-29H,2H2,1H3/b27-24-. The Kier molecular flexibility index (Phi) is 7.46. The molecule has 0 bridgehead atoms. The van der Waals surface area contributed by atoms with Gasteiger partial charge >= 0.3 is 0 Å². The van der Waals surface area contributed by atoms with E-state index in [1.807, 2.05) is 12.1 Å². The van der Waals surface area contributed by atoms with Crippen molar-refractivity contribution in [2.24, 2.45) is 0 Å². The number of rotatable bonds is 8. The summed E-state index contributed by atoms with van der Waals surface area (Å²) in [6, 6.07) is 53.0. The summed E-state index contributed by atoms with van der Waals surface area (Å²) in [6.07, 6.45) is 4.32. The highest BCUT2D eigenvalue weighted by Gasteiger charge is 2.14. The van der Waals surface area contributed by atoms with Crippen LogP contribution in [0.3, 0.4) is 0 Å². The average Bonchev–Trinajstić information content (AvgIpc) is 3.03. The van der Waals surface area contributed by atoms with E-state index in [0.717, 1.165) is 34.1 Å². The zero-order valence-electron chi connectivity index (χ0n) is 23.2. The van der Waals surface area contributed by atoms with Gasteiger partial charge < -0.3 is 9.80 Å². The van der Waals surface area contributed by atoms with Crippen LogP contribution in [0.5, 0.6) is 0 Å². The van der Waals surface area contributed by atoms with E-state index in [1.165, 1.54) is 21.9 Å². The van der Waals surface area contributed by atoms with Crippen molar-refractivity contribution < 1.29 is 0 Å². The Bertz CT molecular complexity index is 1710. The number of fused-ring (bicyclic) bond motifs is 1. The number of hydrogen-bond acceptors (Lipinski definition) is 2. The SMILES string of the molecule is C=C(/C=C\c1c(C)ccc2cc(N(c3ccccc3)c3ccccc3)ccc12)N(c1ccccc1)c1ccccc1. The lowest BCUT2D eigenvalue weighted by Gasteiger charge is -2.26. The van der Waals surface area contributed by atoms with Crippen LogP contribution in [0.25, 0.3) is 16.8 Å². The minimum Gasteiger partial charge on any atom is -0.311 e. The van der Waals surface area contributed by atoms with Crippen molar-refractivity contribution in [3.63, 3.8) is 0 Å². The second-order valence-electron chi connectivity index (χ2n) is 10.0. The summed E-state index contributed by atoms with van der Waals surface area (Å²) in [4.78, 5) is 4.49. The molecule has 0 aliphatic heterocycles. The normalized spacial score (nSPS) is 11.0. The molecule has 0 atom stereocenters. The van der Waals surface area contributed by atoms with Crippen LogP contribution in [0.1, 0.15) is 11.1 Å². The molecule has 0 aliphatic rings. The Labute approximate surface area is 242 Å². The van der Waals surface area contributed by atoms with Crippen LogP contribution in [0, 0.1) is 6.92 Å². The molecule has 0 radical (unpaired) electrons. The summed E-state index contributed by atoms with van der Waals surface area (Å²) >= 11 is 0. The number of hydrogen-bond donors (Lipinski definition) is 0. The van der Waals surface area contributed by atoms with Gasteiger partial charge in [-0.3, -0.25) is 0 Å². The predicted octanol–water partition coefficient (Wildman–Crippen LogP) is 11.0. The van der Waals surface area contributed by atoms with Crippen LogP contribution in [0.15, 0.2) is 170 Å². The molecule has 0 aromatic heterocycles. The van der Waals surface area contributed by atoms with Gasteiger partial charge in [-0.05, 0) is 95.6 Å². The molecule has 0 aliphatic carbocycles. The monoisotopic (exact) mass is 528 g/mol. The molecule has 198 valence electrons. The minimum atomic E-state index is 0.898. The molecule has 0 saturated carbocycles. The maximum absolute atomic E-state index is 4.47. The van der Waals surface area contributed by atoms with Crippen LogP contribution >= 0.6 is 0 Å². The number of aryl methyl sites for hydroxylation is 1. The Morgan fingerprint density at radius 1 is 0.537 bits per heavy atom. The summed E-state index contributed by atoms with van der Waals surface area (Å²) in [5, 5.41) is 2.41. The third-order valence-electron chi connectivity index (χ3n) is 7.31. The Hall–Kier alpha value is -5.34. The summed E-state index contributed by atoms with van der Waals surface area (Å²) in [6.45, 7) is 6.64. The molecule has 0 N–H and O–H groups in total. The lowest BCUT2D eigenvalue weighted by molar-refractivity contribution is 1.22. The molecule has 6 rings (SSSR count). The van der Waals surface area contributed by atoms with E-state index < -0.39 is 0 Å². The van der Waals surface area contributed by atoms with Gasteiger partial charge in [-0.2, -0.15) is 0 Å². The lowest BCUT2D eigenvalue weighted by Crippen LogP contribution is -2.13. The molecular weight excluding hydrogens is 496 g/mol. The molecule has 0 amide bonds. The Morgan fingerprint density at radius 2 is 1.02 bits per heavy atom. The van der Waals surface area contributed by atoms with Crippen LogP contribution in [-0.4, -0.2) is 0 Å². The summed E-state index contributed by atoms with van der Waals surface area (Å²) < 4.78 is 0. The van der Waals surface area contributed by atoms with E-state index in [1.54, 1.807) is 0 Å². The largest absolute Gasteiger partial charge is 0.311 e. The van der Waals surface area contributed by atoms with Crippen molar-refractivity contribution in [3.8, 4) is 0 Å². The van der Waals surface area contributed by atoms with Gasteiger partial charge in [0.15, 0.2) is 0 Å². The van der Waals surface area contributed by atoms with E-state index in [0.29, 0.717) is 0 Å². The first kappa shape index (κ1) is 25.9. The molecule has 0 spiro atoms. The van der Waals surface area contributed by atoms with Crippen LogP contribution in [-0.2, 0) is 0 Å². The first-order chi connectivity index (χ1) is 20.2. The number of anilines is 5. The summed E-state index contributed by atoms with van der Waals surface area (Å²) in [5.41, 5.74) is 8.86. The highest BCUT2D eigenvalue weighted by atomic mass is 15.1. The molecule has 0 saturated heterocycles. The third-order valence-corrected chi connectivity index (χ3v) is 7.31. The van der Waals surface area contributed by atoms with E-state index >= 15 is 0 Å². The Morgan fingerprint density at radius 3 is 1.54 bits per heavy atom. The average molecular weight is 529 g/mol.